The first-order chi connectivity index (χ1) is 9.47. The van der Waals surface area contributed by atoms with Crippen LogP contribution in [0.15, 0.2) is 24.3 Å². The molecule has 1 saturated heterocycles. The Bertz CT molecular complexity index is 427. The number of benzene rings is 1. The third-order valence-corrected chi connectivity index (χ3v) is 3.50. The Balaban J connectivity index is 0.00000220. The fourth-order valence-electron chi connectivity index (χ4n) is 2.26. The van der Waals surface area contributed by atoms with E-state index in [2.05, 4.69) is 18.7 Å². The molecule has 1 aliphatic heterocycles. The lowest BCUT2D eigenvalue weighted by Crippen LogP contribution is -2.55. The van der Waals surface area contributed by atoms with Crippen molar-refractivity contribution in [3.8, 4) is 5.75 Å². The van der Waals surface area contributed by atoms with Gasteiger partial charge in [0.2, 0.25) is 0 Å². The van der Waals surface area contributed by atoms with E-state index in [4.69, 9.17) is 9.47 Å². The summed E-state index contributed by atoms with van der Waals surface area (Å²) in [6.45, 7) is 7.09. The molecule has 0 saturated carbocycles. The van der Waals surface area contributed by atoms with Crippen molar-refractivity contribution >= 4 is 12.4 Å². The van der Waals surface area contributed by atoms with Crippen molar-refractivity contribution in [2.75, 3.05) is 32.9 Å². The Morgan fingerprint density at radius 2 is 2.05 bits per heavy atom. The number of β-amino-alcohol motifs (C(OH)–C–C–N with tert-alkyl or cyclic N) is 1. The minimum Gasteiger partial charge on any atom is -0.491 e. The monoisotopic (exact) mass is 319 g/mol. The average molecular weight is 320 g/mol. The van der Waals surface area contributed by atoms with E-state index < -0.39 is 6.10 Å². The summed E-state index contributed by atoms with van der Waals surface area (Å²) in [5.74, 6) is 0.264. The van der Waals surface area contributed by atoms with Crippen LogP contribution in [0, 0.1) is 5.82 Å². The van der Waals surface area contributed by atoms with Crippen LogP contribution in [0.25, 0.3) is 0 Å². The average Bonchev–Trinajstić information content (AvgIpc) is 2.40. The van der Waals surface area contributed by atoms with Crippen LogP contribution in [0.3, 0.4) is 0 Å². The van der Waals surface area contributed by atoms with Gasteiger partial charge in [-0.25, -0.2) is 4.39 Å². The third-order valence-electron chi connectivity index (χ3n) is 3.50. The van der Waals surface area contributed by atoms with Crippen molar-refractivity contribution in [1.82, 2.24) is 4.90 Å². The van der Waals surface area contributed by atoms with E-state index in [1.807, 2.05) is 0 Å². The molecule has 0 amide bonds. The van der Waals surface area contributed by atoms with Gasteiger partial charge in [0.25, 0.3) is 0 Å². The zero-order chi connectivity index (χ0) is 14.6. The molecular formula is C15H23ClFNO3. The first-order valence-electron chi connectivity index (χ1n) is 6.86. The lowest BCUT2D eigenvalue weighted by Gasteiger charge is -2.42. The summed E-state index contributed by atoms with van der Waals surface area (Å²) in [7, 11) is 0. The van der Waals surface area contributed by atoms with Gasteiger partial charge in [-0.05, 0) is 38.1 Å². The van der Waals surface area contributed by atoms with Gasteiger partial charge in [-0.1, -0.05) is 0 Å². The predicted octanol–water partition coefficient (Wildman–Crippen LogP) is 2.10. The Kier molecular flexibility index (Phi) is 6.87. The lowest BCUT2D eigenvalue weighted by molar-refractivity contribution is -0.0703. The normalized spacial score (nSPS) is 19.6. The second-order valence-electron chi connectivity index (χ2n) is 5.73. The Morgan fingerprint density at radius 1 is 1.38 bits per heavy atom. The molecule has 0 aromatic heterocycles. The van der Waals surface area contributed by atoms with Crippen LogP contribution in [0.2, 0.25) is 0 Å². The van der Waals surface area contributed by atoms with Crippen LogP contribution in [0.5, 0.6) is 5.75 Å². The SMILES string of the molecule is CC1(C)COCCN1CC(O)COc1ccc(F)cc1.Cl. The molecule has 21 heavy (non-hydrogen) atoms. The predicted molar refractivity (Wildman–Crippen MR) is 81.6 cm³/mol. The van der Waals surface area contributed by atoms with Crippen molar-refractivity contribution in [1.29, 1.82) is 0 Å². The fraction of sp³-hybridized carbons (Fsp3) is 0.600. The molecule has 1 aromatic carbocycles. The molecule has 0 aliphatic carbocycles. The van der Waals surface area contributed by atoms with E-state index in [0.717, 1.165) is 6.54 Å². The Morgan fingerprint density at radius 3 is 2.67 bits per heavy atom. The maximum absolute atomic E-state index is 12.8. The fourth-order valence-corrected chi connectivity index (χ4v) is 2.26. The first kappa shape index (κ1) is 18.2. The van der Waals surface area contributed by atoms with Crippen molar-refractivity contribution in [3.05, 3.63) is 30.1 Å². The minimum absolute atomic E-state index is 0. The number of hydrogen-bond donors (Lipinski definition) is 1. The summed E-state index contributed by atoms with van der Waals surface area (Å²) >= 11 is 0. The highest BCUT2D eigenvalue weighted by atomic mass is 35.5. The van der Waals surface area contributed by atoms with Crippen LogP contribution in [-0.2, 0) is 4.74 Å². The van der Waals surface area contributed by atoms with Crippen molar-refractivity contribution in [2.45, 2.75) is 25.5 Å². The molecule has 0 radical (unpaired) electrons. The molecule has 1 N–H and O–H groups in total. The van der Waals surface area contributed by atoms with Gasteiger partial charge in [0, 0.05) is 18.6 Å². The van der Waals surface area contributed by atoms with Crippen LogP contribution < -0.4 is 4.74 Å². The molecule has 2 rings (SSSR count). The minimum atomic E-state index is -0.586. The largest absolute Gasteiger partial charge is 0.491 e. The maximum Gasteiger partial charge on any atom is 0.123 e. The number of rotatable bonds is 5. The van der Waals surface area contributed by atoms with Gasteiger partial charge in [0.15, 0.2) is 0 Å². The summed E-state index contributed by atoms with van der Waals surface area (Å²) in [6, 6.07) is 5.79. The molecule has 1 aromatic rings. The Labute approximate surface area is 131 Å². The highest BCUT2D eigenvalue weighted by molar-refractivity contribution is 5.85. The second-order valence-corrected chi connectivity index (χ2v) is 5.73. The van der Waals surface area contributed by atoms with Crippen molar-refractivity contribution in [3.63, 3.8) is 0 Å². The van der Waals surface area contributed by atoms with E-state index in [-0.39, 0.29) is 30.4 Å². The van der Waals surface area contributed by atoms with Gasteiger partial charge in [0.1, 0.15) is 24.3 Å². The van der Waals surface area contributed by atoms with E-state index in [1.54, 1.807) is 12.1 Å². The smallest absolute Gasteiger partial charge is 0.123 e. The number of aliphatic hydroxyl groups excluding tert-OH is 1. The van der Waals surface area contributed by atoms with Gasteiger partial charge in [-0.15, -0.1) is 12.4 Å². The van der Waals surface area contributed by atoms with E-state index in [0.29, 0.717) is 25.5 Å². The standard InChI is InChI=1S/C15H22FNO3.ClH/c1-15(2)11-19-8-7-17(15)9-13(18)10-20-14-5-3-12(16)4-6-14;/h3-6,13,18H,7-11H2,1-2H3;1H. The molecule has 1 aliphatic rings. The molecule has 120 valence electrons. The summed E-state index contributed by atoms with van der Waals surface area (Å²) in [5, 5.41) is 10.1. The lowest BCUT2D eigenvalue weighted by atomic mass is 10.0. The van der Waals surface area contributed by atoms with Crippen molar-refractivity contribution in [2.24, 2.45) is 0 Å². The quantitative estimate of drug-likeness (QED) is 0.902. The van der Waals surface area contributed by atoms with Crippen molar-refractivity contribution < 1.29 is 19.0 Å². The molecule has 1 heterocycles. The highest BCUT2D eigenvalue weighted by Gasteiger charge is 2.31. The van der Waals surface area contributed by atoms with Crippen LogP contribution >= 0.6 is 12.4 Å². The van der Waals surface area contributed by atoms with Crippen LogP contribution in [0.4, 0.5) is 4.39 Å². The third kappa shape index (κ3) is 5.43. The Hall–Kier alpha value is -0.880. The number of halogens is 2. The second kappa shape index (κ2) is 7.94. The molecule has 6 heteroatoms. The molecule has 0 bridgehead atoms. The van der Waals surface area contributed by atoms with E-state index in [1.165, 1.54) is 12.1 Å². The van der Waals surface area contributed by atoms with Gasteiger partial charge in [-0.2, -0.15) is 0 Å². The van der Waals surface area contributed by atoms with Gasteiger partial charge >= 0.3 is 0 Å². The molecule has 4 nitrogen and oxygen atoms in total. The number of ether oxygens (including phenoxy) is 2. The maximum atomic E-state index is 12.8. The number of hydrogen-bond acceptors (Lipinski definition) is 4. The van der Waals surface area contributed by atoms with Gasteiger partial charge in [-0.3, -0.25) is 4.90 Å². The van der Waals surface area contributed by atoms with E-state index >= 15 is 0 Å². The zero-order valence-corrected chi connectivity index (χ0v) is 13.2. The number of aliphatic hydroxyl groups is 1. The van der Waals surface area contributed by atoms with Crippen LogP contribution in [0.1, 0.15) is 13.8 Å². The molecule has 1 fully saturated rings. The molecular weight excluding hydrogens is 297 g/mol. The summed E-state index contributed by atoms with van der Waals surface area (Å²) in [5.41, 5.74) is -0.0743. The number of nitrogens with zero attached hydrogens (tertiary/aromatic N) is 1. The number of morpholine rings is 1. The summed E-state index contributed by atoms with van der Waals surface area (Å²) in [4.78, 5) is 2.20. The van der Waals surface area contributed by atoms with Crippen LogP contribution in [-0.4, -0.2) is 54.6 Å². The molecule has 0 spiro atoms. The zero-order valence-electron chi connectivity index (χ0n) is 12.4. The highest BCUT2D eigenvalue weighted by Crippen LogP contribution is 2.19. The van der Waals surface area contributed by atoms with E-state index in [9.17, 15) is 9.50 Å². The topological polar surface area (TPSA) is 41.9 Å². The molecule has 1 atom stereocenters. The summed E-state index contributed by atoms with van der Waals surface area (Å²) < 4.78 is 23.7. The summed E-state index contributed by atoms with van der Waals surface area (Å²) in [6.07, 6.45) is -0.586. The van der Waals surface area contributed by atoms with Gasteiger partial charge in [0.05, 0.1) is 13.2 Å². The van der Waals surface area contributed by atoms with Gasteiger partial charge < -0.3 is 14.6 Å². The molecule has 1 unspecified atom stereocenters. The first-order valence-corrected chi connectivity index (χ1v) is 6.86.